The maximum absolute atomic E-state index is 6.00. The van der Waals surface area contributed by atoms with Gasteiger partial charge < -0.3 is 10.3 Å². The molecule has 0 radical (unpaired) electrons. The maximum Gasteiger partial charge on any atom is 0.201 e. The first-order valence-electron chi connectivity index (χ1n) is 5.16. The van der Waals surface area contributed by atoms with E-state index in [1.807, 2.05) is 22.8 Å². The summed E-state index contributed by atoms with van der Waals surface area (Å²) in [5, 5.41) is 4.86. The van der Waals surface area contributed by atoms with Crippen LogP contribution in [0.15, 0.2) is 35.0 Å². The number of thiophene rings is 1. The van der Waals surface area contributed by atoms with Gasteiger partial charge in [-0.3, -0.25) is 0 Å². The quantitative estimate of drug-likeness (QED) is 0.770. The molecule has 3 aromatic rings. The number of nitrogens with two attached hydrogens (primary N) is 1. The molecular formula is C12H10ClN3S. The number of hydrogen-bond acceptors (Lipinski definition) is 3. The SMILES string of the molecule is Nc1nc2ccc(Cl)cc2n1Cc1ccsc1. The first-order valence-corrected chi connectivity index (χ1v) is 6.48. The molecule has 0 bridgehead atoms. The molecule has 0 fully saturated rings. The van der Waals surface area contributed by atoms with E-state index in [-0.39, 0.29) is 0 Å². The summed E-state index contributed by atoms with van der Waals surface area (Å²) in [6, 6.07) is 7.69. The molecule has 0 saturated carbocycles. The highest BCUT2D eigenvalue weighted by molar-refractivity contribution is 7.07. The van der Waals surface area contributed by atoms with E-state index in [0.29, 0.717) is 11.0 Å². The molecule has 0 saturated heterocycles. The Hall–Kier alpha value is -1.52. The Bertz CT molecular complexity index is 658. The monoisotopic (exact) mass is 263 g/mol. The van der Waals surface area contributed by atoms with E-state index in [9.17, 15) is 0 Å². The Morgan fingerprint density at radius 2 is 2.24 bits per heavy atom. The van der Waals surface area contributed by atoms with E-state index in [0.717, 1.165) is 17.6 Å². The Balaban J connectivity index is 2.14. The molecule has 0 atom stereocenters. The number of hydrogen-bond donors (Lipinski definition) is 1. The zero-order valence-corrected chi connectivity index (χ0v) is 10.5. The van der Waals surface area contributed by atoms with Crippen LogP contribution >= 0.6 is 22.9 Å². The second kappa shape index (κ2) is 4.05. The van der Waals surface area contributed by atoms with Crippen molar-refractivity contribution in [1.29, 1.82) is 0 Å². The molecule has 0 aliphatic heterocycles. The molecule has 3 rings (SSSR count). The topological polar surface area (TPSA) is 43.8 Å². The molecule has 2 N–H and O–H groups in total. The number of nitrogens with zero attached hydrogens (tertiary/aromatic N) is 2. The summed E-state index contributed by atoms with van der Waals surface area (Å²) >= 11 is 7.68. The van der Waals surface area contributed by atoms with E-state index in [4.69, 9.17) is 17.3 Å². The number of aromatic nitrogens is 2. The molecule has 0 aliphatic carbocycles. The van der Waals surface area contributed by atoms with Crippen LogP contribution in [0.5, 0.6) is 0 Å². The summed E-state index contributed by atoms with van der Waals surface area (Å²) in [5.74, 6) is 0.522. The van der Waals surface area contributed by atoms with Gasteiger partial charge in [0.1, 0.15) is 0 Å². The Kier molecular flexibility index (Phi) is 2.53. The first kappa shape index (κ1) is 10.6. The Morgan fingerprint density at radius 3 is 3.00 bits per heavy atom. The average Bonchev–Trinajstić information content (AvgIpc) is 2.90. The Labute approximate surface area is 107 Å². The normalized spacial score (nSPS) is 11.1. The molecule has 5 heteroatoms. The number of halogens is 1. The van der Waals surface area contributed by atoms with Gasteiger partial charge >= 0.3 is 0 Å². The minimum atomic E-state index is 0.522. The molecule has 86 valence electrons. The summed E-state index contributed by atoms with van der Waals surface area (Å²) in [5.41, 5.74) is 9.01. The first-order chi connectivity index (χ1) is 8.24. The average molecular weight is 264 g/mol. The van der Waals surface area contributed by atoms with E-state index in [1.165, 1.54) is 5.56 Å². The van der Waals surface area contributed by atoms with Crippen molar-refractivity contribution < 1.29 is 0 Å². The van der Waals surface area contributed by atoms with Gasteiger partial charge in [0, 0.05) is 5.02 Å². The lowest BCUT2D eigenvalue weighted by Crippen LogP contribution is -2.03. The summed E-state index contributed by atoms with van der Waals surface area (Å²) in [6.45, 7) is 0.728. The molecular weight excluding hydrogens is 254 g/mol. The molecule has 17 heavy (non-hydrogen) atoms. The van der Waals surface area contributed by atoms with Crippen LogP contribution in [0.3, 0.4) is 0 Å². The second-order valence-corrected chi connectivity index (χ2v) is 5.04. The largest absolute Gasteiger partial charge is 0.369 e. The van der Waals surface area contributed by atoms with Gasteiger partial charge in [0.2, 0.25) is 5.95 Å². The number of imidazole rings is 1. The predicted molar refractivity (Wildman–Crippen MR) is 72.6 cm³/mol. The van der Waals surface area contributed by atoms with Gasteiger partial charge in [-0.25, -0.2) is 4.98 Å². The molecule has 0 spiro atoms. The van der Waals surface area contributed by atoms with Crippen LogP contribution in [0.2, 0.25) is 5.02 Å². The third kappa shape index (κ3) is 1.90. The van der Waals surface area contributed by atoms with Crippen LogP contribution in [-0.2, 0) is 6.54 Å². The fourth-order valence-corrected chi connectivity index (χ4v) is 2.67. The van der Waals surface area contributed by atoms with E-state index in [2.05, 4.69) is 21.8 Å². The van der Waals surface area contributed by atoms with Crippen molar-refractivity contribution in [2.24, 2.45) is 0 Å². The molecule has 2 aromatic heterocycles. The van der Waals surface area contributed by atoms with Crippen molar-refractivity contribution in [3.8, 4) is 0 Å². The lowest BCUT2D eigenvalue weighted by atomic mass is 10.3. The highest BCUT2D eigenvalue weighted by atomic mass is 35.5. The maximum atomic E-state index is 6.00. The summed E-state index contributed by atoms with van der Waals surface area (Å²) in [4.78, 5) is 4.32. The van der Waals surface area contributed by atoms with Crippen LogP contribution < -0.4 is 5.73 Å². The lowest BCUT2D eigenvalue weighted by molar-refractivity contribution is 0.842. The molecule has 0 aliphatic rings. The van der Waals surface area contributed by atoms with Crippen LogP contribution in [0.1, 0.15) is 5.56 Å². The number of fused-ring (bicyclic) bond motifs is 1. The van der Waals surface area contributed by atoms with E-state index < -0.39 is 0 Å². The van der Waals surface area contributed by atoms with Crippen LogP contribution in [-0.4, -0.2) is 9.55 Å². The van der Waals surface area contributed by atoms with Gasteiger partial charge in [-0.05, 0) is 40.6 Å². The van der Waals surface area contributed by atoms with Crippen molar-refractivity contribution in [3.63, 3.8) is 0 Å². The van der Waals surface area contributed by atoms with Gasteiger partial charge in [0.15, 0.2) is 0 Å². The van der Waals surface area contributed by atoms with Crippen molar-refractivity contribution in [1.82, 2.24) is 9.55 Å². The highest BCUT2D eigenvalue weighted by Gasteiger charge is 2.09. The van der Waals surface area contributed by atoms with Crippen molar-refractivity contribution in [2.75, 3.05) is 5.73 Å². The van der Waals surface area contributed by atoms with Gasteiger partial charge in [-0.1, -0.05) is 11.6 Å². The van der Waals surface area contributed by atoms with Crippen LogP contribution in [0, 0.1) is 0 Å². The van der Waals surface area contributed by atoms with Gasteiger partial charge in [0.05, 0.1) is 17.6 Å². The number of nitrogen functional groups attached to an aromatic ring is 1. The van der Waals surface area contributed by atoms with Gasteiger partial charge in [0.25, 0.3) is 0 Å². The third-order valence-corrected chi connectivity index (χ3v) is 3.63. The van der Waals surface area contributed by atoms with E-state index >= 15 is 0 Å². The van der Waals surface area contributed by atoms with Crippen molar-refractivity contribution >= 4 is 39.9 Å². The van der Waals surface area contributed by atoms with Crippen molar-refractivity contribution in [3.05, 3.63) is 45.6 Å². The molecule has 3 nitrogen and oxygen atoms in total. The Morgan fingerprint density at radius 1 is 1.35 bits per heavy atom. The predicted octanol–water partition coefficient (Wildman–Crippen LogP) is 3.38. The number of benzene rings is 1. The summed E-state index contributed by atoms with van der Waals surface area (Å²) < 4.78 is 1.98. The minimum Gasteiger partial charge on any atom is -0.369 e. The zero-order chi connectivity index (χ0) is 11.8. The molecule has 0 amide bonds. The fourth-order valence-electron chi connectivity index (χ4n) is 1.85. The smallest absolute Gasteiger partial charge is 0.201 e. The highest BCUT2D eigenvalue weighted by Crippen LogP contribution is 2.23. The lowest BCUT2D eigenvalue weighted by Gasteiger charge is -2.04. The fraction of sp³-hybridized carbons (Fsp3) is 0.0833. The number of rotatable bonds is 2. The minimum absolute atomic E-state index is 0.522. The third-order valence-electron chi connectivity index (χ3n) is 2.66. The standard InChI is InChI=1S/C12H10ClN3S/c13-9-1-2-10-11(5-9)16(12(14)15-10)6-8-3-4-17-7-8/h1-5,7H,6H2,(H2,14,15). The second-order valence-electron chi connectivity index (χ2n) is 3.82. The summed E-state index contributed by atoms with van der Waals surface area (Å²) in [6.07, 6.45) is 0. The van der Waals surface area contributed by atoms with E-state index in [1.54, 1.807) is 11.3 Å². The molecule has 0 unspecified atom stereocenters. The van der Waals surface area contributed by atoms with Crippen molar-refractivity contribution in [2.45, 2.75) is 6.54 Å². The van der Waals surface area contributed by atoms with Gasteiger partial charge in [-0.15, -0.1) is 0 Å². The molecule has 1 aromatic carbocycles. The molecule has 2 heterocycles. The van der Waals surface area contributed by atoms with Crippen LogP contribution in [0.4, 0.5) is 5.95 Å². The number of anilines is 1. The van der Waals surface area contributed by atoms with Gasteiger partial charge in [-0.2, -0.15) is 11.3 Å². The van der Waals surface area contributed by atoms with Crippen LogP contribution in [0.25, 0.3) is 11.0 Å². The zero-order valence-electron chi connectivity index (χ0n) is 8.93. The summed E-state index contributed by atoms with van der Waals surface area (Å²) in [7, 11) is 0.